The van der Waals surface area contributed by atoms with Gasteiger partial charge >= 0.3 is 5.97 Å². The number of amides is 3. The number of H-pyrrole nitrogens is 1. The molecule has 0 saturated heterocycles. The van der Waals surface area contributed by atoms with Crippen molar-refractivity contribution in [2.45, 2.75) is 26.7 Å². The van der Waals surface area contributed by atoms with Crippen molar-refractivity contribution in [3.05, 3.63) is 59.8 Å². The Kier molecular flexibility index (Phi) is 8.94. The first-order valence-corrected chi connectivity index (χ1v) is 11.4. The van der Waals surface area contributed by atoms with Gasteiger partial charge in [0.05, 0.1) is 18.5 Å². The minimum Gasteiger partial charge on any atom is -0.456 e. The SMILES string of the molecule is CCCN(CC(=O)Nc1ccccc1C)C(=O)COC(=O)CCNC(=O)c1n[nH]c2ccccc12. The zero-order chi connectivity index (χ0) is 25.2. The lowest BCUT2D eigenvalue weighted by Gasteiger charge is -2.21. The second-order valence-corrected chi connectivity index (χ2v) is 7.96. The van der Waals surface area contributed by atoms with Gasteiger partial charge in [-0.05, 0) is 31.0 Å². The van der Waals surface area contributed by atoms with Crippen LogP contribution in [0.3, 0.4) is 0 Å². The van der Waals surface area contributed by atoms with E-state index in [1.54, 1.807) is 18.2 Å². The van der Waals surface area contributed by atoms with E-state index in [0.29, 0.717) is 24.0 Å². The number of anilines is 1. The van der Waals surface area contributed by atoms with Crippen molar-refractivity contribution in [1.82, 2.24) is 20.4 Å². The molecular weight excluding hydrogens is 450 g/mol. The van der Waals surface area contributed by atoms with Crippen LogP contribution in [0.5, 0.6) is 0 Å². The van der Waals surface area contributed by atoms with Crippen molar-refractivity contribution in [3.8, 4) is 0 Å². The van der Waals surface area contributed by atoms with Gasteiger partial charge in [-0.3, -0.25) is 24.3 Å². The number of aromatic amines is 1. The second-order valence-electron chi connectivity index (χ2n) is 7.96. The van der Waals surface area contributed by atoms with E-state index in [1.807, 2.05) is 44.2 Å². The van der Waals surface area contributed by atoms with Gasteiger partial charge < -0.3 is 20.3 Å². The zero-order valence-electron chi connectivity index (χ0n) is 19.8. The summed E-state index contributed by atoms with van der Waals surface area (Å²) < 4.78 is 5.06. The molecule has 35 heavy (non-hydrogen) atoms. The lowest BCUT2D eigenvalue weighted by Crippen LogP contribution is -2.41. The Morgan fingerprint density at radius 3 is 2.57 bits per heavy atom. The fourth-order valence-corrected chi connectivity index (χ4v) is 3.44. The molecule has 10 nitrogen and oxygen atoms in total. The number of hydrogen-bond donors (Lipinski definition) is 3. The van der Waals surface area contributed by atoms with Gasteiger partial charge in [-0.25, -0.2) is 0 Å². The van der Waals surface area contributed by atoms with Gasteiger partial charge in [0, 0.05) is 24.2 Å². The highest BCUT2D eigenvalue weighted by molar-refractivity contribution is 6.04. The van der Waals surface area contributed by atoms with Crippen LogP contribution < -0.4 is 10.6 Å². The Morgan fingerprint density at radius 1 is 1.06 bits per heavy atom. The van der Waals surface area contributed by atoms with Crippen LogP contribution in [0.15, 0.2) is 48.5 Å². The minimum absolute atomic E-state index is 0.0323. The highest BCUT2D eigenvalue weighted by Crippen LogP contribution is 2.15. The quantitative estimate of drug-likeness (QED) is 0.362. The Bertz CT molecular complexity index is 1210. The number of aryl methyl sites for hydroxylation is 1. The molecule has 3 rings (SSSR count). The molecule has 0 bridgehead atoms. The van der Waals surface area contributed by atoms with Crippen molar-refractivity contribution in [3.63, 3.8) is 0 Å². The third kappa shape index (κ3) is 7.13. The summed E-state index contributed by atoms with van der Waals surface area (Å²) in [4.78, 5) is 50.7. The summed E-state index contributed by atoms with van der Waals surface area (Å²) in [6.45, 7) is 3.52. The van der Waals surface area contributed by atoms with Crippen LogP contribution in [-0.4, -0.2) is 65.0 Å². The largest absolute Gasteiger partial charge is 0.456 e. The molecule has 0 fully saturated rings. The number of hydrogen-bond acceptors (Lipinski definition) is 6. The van der Waals surface area contributed by atoms with Gasteiger partial charge in [-0.15, -0.1) is 0 Å². The number of nitrogens with one attached hydrogen (secondary N) is 3. The van der Waals surface area contributed by atoms with Crippen molar-refractivity contribution in [1.29, 1.82) is 0 Å². The summed E-state index contributed by atoms with van der Waals surface area (Å²) in [6, 6.07) is 14.6. The van der Waals surface area contributed by atoms with Crippen LogP contribution in [0.1, 0.15) is 35.8 Å². The monoisotopic (exact) mass is 479 g/mol. The molecule has 3 N–H and O–H groups in total. The average Bonchev–Trinajstić information content (AvgIpc) is 3.28. The molecule has 2 aromatic carbocycles. The third-order valence-corrected chi connectivity index (χ3v) is 5.26. The van der Waals surface area contributed by atoms with Gasteiger partial charge in [0.25, 0.3) is 11.8 Å². The van der Waals surface area contributed by atoms with E-state index in [1.165, 1.54) is 4.90 Å². The van der Waals surface area contributed by atoms with Crippen molar-refractivity contribution < 1.29 is 23.9 Å². The minimum atomic E-state index is -0.633. The lowest BCUT2D eigenvalue weighted by molar-refractivity contribution is -0.152. The van der Waals surface area contributed by atoms with Crippen LogP contribution in [-0.2, 0) is 19.1 Å². The molecule has 0 atom stereocenters. The summed E-state index contributed by atoms with van der Waals surface area (Å²) >= 11 is 0. The van der Waals surface area contributed by atoms with Crippen molar-refractivity contribution >= 4 is 40.3 Å². The van der Waals surface area contributed by atoms with Gasteiger partial charge in [-0.2, -0.15) is 5.10 Å². The number of aromatic nitrogens is 2. The number of carbonyl (C=O) groups is 4. The standard InChI is InChI=1S/C25H29N5O5/c1-3-14-30(15-21(31)27-19-10-6-4-8-17(19)2)22(32)16-35-23(33)12-13-26-25(34)24-18-9-5-7-11-20(18)28-29-24/h4-11H,3,12-16H2,1-2H3,(H,26,34)(H,27,31)(H,28,29). The number of nitrogens with zero attached hydrogens (tertiary/aromatic N) is 2. The molecule has 0 saturated carbocycles. The fourth-order valence-electron chi connectivity index (χ4n) is 3.44. The Balaban J connectivity index is 1.42. The van der Waals surface area contributed by atoms with Gasteiger partial charge in [-0.1, -0.05) is 43.3 Å². The molecule has 0 spiro atoms. The van der Waals surface area contributed by atoms with E-state index >= 15 is 0 Å². The van der Waals surface area contributed by atoms with Crippen LogP contribution in [0, 0.1) is 6.92 Å². The van der Waals surface area contributed by atoms with E-state index in [-0.39, 0.29) is 31.1 Å². The van der Waals surface area contributed by atoms with Gasteiger partial charge in [0.15, 0.2) is 12.3 Å². The van der Waals surface area contributed by atoms with Crippen molar-refractivity contribution in [2.75, 3.05) is 31.6 Å². The molecule has 1 heterocycles. The molecule has 0 aliphatic rings. The van der Waals surface area contributed by atoms with Crippen molar-refractivity contribution in [2.24, 2.45) is 0 Å². The van der Waals surface area contributed by atoms with E-state index in [0.717, 1.165) is 11.1 Å². The first-order valence-electron chi connectivity index (χ1n) is 11.4. The average molecular weight is 480 g/mol. The smallest absolute Gasteiger partial charge is 0.308 e. The first kappa shape index (κ1) is 25.4. The van der Waals surface area contributed by atoms with Crippen LogP contribution in [0.2, 0.25) is 0 Å². The van der Waals surface area contributed by atoms with Crippen LogP contribution in [0.25, 0.3) is 10.9 Å². The van der Waals surface area contributed by atoms with Crippen LogP contribution in [0.4, 0.5) is 5.69 Å². The summed E-state index contributed by atoms with van der Waals surface area (Å²) in [7, 11) is 0. The summed E-state index contributed by atoms with van der Waals surface area (Å²) in [5.41, 5.74) is 2.57. The predicted molar refractivity (Wildman–Crippen MR) is 131 cm³/mol. The van der Waals surface area contributed by atoms with Gasteiger partial charge in [0.1, 0.15) is 0 Å². The molecule has 0 unspecified atom stereocenters. The van der Waals surface area contributed by atoms with E-state index in [2.05, 4.69) is 20.8 Å². The molecule has 3 amide bonds. The first-order chi connectivity index (χ1) is 16.9. The number of esters is 1. The lowest BCUT2D eigenvalue weighted by atomic mass is 10.2. The fraction of sp³-hybridized carbons (Fsp3) is 0.320. The Hall–Kier alpha value is -4.21. The number of para-hydroxylation sites is 2. The maximum atomic E-state index is 12.5. The highest BCUT2D eigenvalue weighted by Gasteiger charge is 2.19. The molecule has 0 aliphatic carbocycles. The molecule has 0 aliphatic heterocycles. The molecule has 10 heteroatoms. The number of benzene rings is 2. The summed E-state index contributed by atoms with van der Waals surface area (Å²) in [6.07, 6.45) is 0.536. The third-order valence-electron chi connectivity index (χ3n) is 5.26. The Morgan fingerprint density at radius 2 is 1.80 bits per heavy atom. The molecular formula is C25H29N5O5. The number of carbonyl (C=O) groups excluding carboxylic acids is 4. The molecule has 3 aromatic rings. The molecule has 184 valence electrons. The van der Waals surface area contributed by atoms with Crippen LogP contribution >= 0.6 is 0 Å². The highest BCUT2D eigenvalue weighted by atomic mass is 16.5. The van der Waals surface area contributed by atoms with E-state index < -0.39 is 24.4 Å². The molecule has 0 radical (unpaired) electrons. The normalized spacial score (nSPS) is 10.6. The maximum Gasteiger partial charge on any atom is 0.308 e. The summed E-state index contributed by atoms with van der Waals surface area (Å²) in [5.74, 6) is -1.85. The van der Waals surface area contributed by atoms with Gasteiger partial charge in [0.2, 0.25) is 5.91 Å². The number of rotatable bonds is 11. The number of ether oxygens (including phenoxy) is 1. The van der Waals surface area contributed by atoms with E-state index in [4.69, 9.17) is 4.74 Å². The summed E-state index contributed by atoms with van der Waals surface area (Å²) in [5, 5.41) is 12.9. The molecule has 1 aromatic heterocycles. The topological polar surface area (TPSA) is 133 Å². The van der Waals surface area contributed by atoms with E-state index in [9.17, 15) is 19.2 Å². The maximum absolute atomic E-state index is 12.5. The zero-order valence-corrected chi connectivity index (χ0v) is 19.8. The Labute approximate surface area is 203 Å². The second kappa shape index (κ2) is 12.3. The number of fused-ring (bicyclic) bond motifs is 1. The predicted octanol–water partition coefficient (Wildman–Crippen LogP) is 2.41.